The van der Waals surface area contributed by atoms with Gasteiger partial charge in [-0.3, -0.25) is 19.6 Å². The number of guanidine groups is 1. The van der Waals surface area contributed by atoms with E-state index >= 15 is 0 Å². The van der Waals surface area contributed by atoms with Crippen LogP contribution in [-0.4, -0.2) is 135 Å². The van der Waals surface area contributed by atoms with Crippen LogP contribution in [0.5, 0.6) is 0 Å². The van der Waals surface area contributed by atoms with Crippen LogP contribution in [0.3, 0.4) is 0 Å². The number of nitrogens with one attached hydrogen (secondary N) is 1. The predicted octanol–water partition coefficient (Wildman–Crippen LogP) is 0.444. The Morgan fingerprint density at radius 2 is 1.67 bits per heavy atom. The lowest BCUT2D eigenvalue weighted by Gasteiger charge is -2.40. The number of piperazine rings is 2. The molecule has 3 aliphatic heterocycles. The molecule has 0 aromatic carbocycles. The van der Waals surface area contributed by atoms with Gasteiger partial charge >= 0.3 is 0 Å². The zero-order chi connectivity index (χ0) is 20.8. The topological polar surface area (TPSA) is 57.7 Å². The maximum atomic E-state index is 12.7. The molecule has 2 atom stereocenters. The number of amides is 1. The van der Waals surface area contributed by atoms with Crippen LogP contribution in [0.1, 0.15) is 26.7 Å². The Bertz CT molecular complexity index is 562. The van der Waals surface area contributed by atoms with E-state index in [2.05, 4.69) is 52.9 Å². The third-order valence-corrected chi connectivity index (χ3v) is 6.70. The number of hydrogen-bond donors (Lipinski definition) is 1. The summed E-state index contributed by atoms with van der Waals surface area (Å²) < 4.78 is 0. The molecule has 3 heterocycles. The Hall–Kier alpha value is -0.650. The molecule has 174 valence electrons. The average molecular weight is 536 g/mol. The van der Waals surface area contributed by atoms with Crippen molar-refractivity contribution in [3.8, 4) is 0 Å². The maximum absolute atomic E-state index is 12.7. The molecule has 1 amide bonds. The minimum Gasteiger partial charge on any atom is -0.357 e. The maximum Gasteiger partial charge on any atom is 0.239 e. The van der Waals surface area contributed by atoms with Crippen LogP contribution in [0.4, 0.5) is 0 Å². The van der Waals surface area contributed by atoms with Crippen LogP contribution in [0.25, 0.3) is 0 Å². The first kappa shape index (κ1) is 25.6. The second kappa shape index (κ2) is 12.4. The number of likely N-dealkylation sites (tertiary alicyclic amines) is 1. The van der Waals surface area contributed by atoms with E-state index < -0.39 is 0 Å². The van der Waals surface area contributed by atoms with Gasteiger partial charge in [0.1, 0.15) is 0 Å². The standard InChI is InChI=1S/C21H41N7O.HI/c1-5-22-21(23-16-19-17-24(3)10-11-25(19)4)28-14-12-26(13-15-28)18(2)20(29)27-8-6-7-9-27;/h18-19H,5-17H2,1-4H3,(H,22,23);1H. The van der Waals surface area contributed by atoms with Crippen molar-refractivity contribution in [2.24, 2.45) is 4.99 Å². The van der Waals surface area contributed by atoms with Gasteiger partial charge in [-0.25, -0.2) is 0 Å². The van der Waals surface area contributed by atoms with Crippen molar-refractivity contribution in [3.63, 3.8) is 0 Å². The molecule has 30 heavy (non-hydrogen) atoms. The largest absolute Gasteiger partial charge is 0.357 e. The second-order valence-electron chi connectivity index (χ2n) is 8.82. The average Bonchev–Trinajstić information content (AvgIpc) is 3.27. The number of hydrogen-bond acceptors (Lipinski definition) is 5. The van der Waals surface area contributed by atoms with Gasteiger partial charge in [-0.2, -0.15) is 0 Å². The number of carbonyl (C=O) groups excluding carboxylic acids is 1. The lowest BCUT2D eigenvalue weighted by Crippen LogP contribution is -2.57. The van der Waals surface area contributed by atoms with Crippen molar-refractivity contribution in [1.82, 2.24) is 29.8 Å². The van der Waals surface area contributed by atoms with E-state index in [0.717, 1.165) is 90.8 Å². The highest BCUT2D eigenvalue weighted by molar-refractivity contribution is 14.0. The van der Waals surface area contributed by atoms with Crippen molar-refractivity contribution >= 4 is 35.8 Å². The lowest BCUT2D eigenvalue weighted by molar-refractivity contribution is -0.135. The van der Waals surface area contributed by atoms with Crippen molar-refractivity contribution in [3.05, 3.63) is 0 Å². The first-order chi connectivity index (χ1) is 14.0. The highest BCUT2D eigenvalue weighted by Crippen LogP contribution is 2.14. The molecule has 1 N–H and O–H groups in total. The SMILES string of the molecule is CCNC(=NCC1CN(C)CCN1C)N1CCN(C(C)C(=O)N2CCCC2)CC1.I. The number of rotatable bonds is 5. The van der Waals surface area contributed by atoms with Crippen LogP contribution < -0.4 is 5.32 Å². The minimum atomic E-state index is -0.0128. The van der Waals surface area contributed by atoms with Crippen LogP contribution >= 0.6 is 24.0 Å². The van der Waals surface area contributed by atoms with Crippen LogP contribution in [0, 0.1) is 0 Å². The normalized spacial score (nSPS) is 25.9. The molecule has 3 rings (SSSR count). The smallest absolute Gasteiger partial charge is 0.239 e. The third kappa shape index (κ3) is 6.67. The summed E-state index contributed by atoms with van der Waals surface area (Å²) in [7, 11) is 4.40. The van der Waals surface area contributed by atoms with E-state index in [0.29, 0.717) is 11.9 Å². The fraction of sp³-hybridized carbons (Fsp3) is 0.905. The van der Waals surface area contributed by atoms with Crippen LogP contribution in [0.15, 0.2) is 4.99 Å². The molecular formula is C21H42IN7O. The van der Waals surface area contributed by atoms with Gasteiger partial charge < -0.3 is 20.0 Å². The van der Waals surface area contributed by atoms with E-state index in [1.807, 2.05) is 4.90 Å². The predicted molar refractivity (Wildman–Crippen MR) is 134 cm³/mol. The number of nitrogens with zero attached hydrogens (tertiary/aromatic N) is 6. The second-order valence-corrected chi connectivity index (χ2v) is 8.82. The highest BCUT2D eigenvalue weighted by Gasteiger charge is 2.30. The van der Waals surface area contributed by atoms with E-state index in [-0.39, 0.29) is 30.0 Å². The quantitative estimate of drug-likeness (QED) is 0.314. The molecule has 9 heteroatoms. The lowest BCUT2D eigenvalue weighted by atomic mass is 10.2. The van der Waals surface area contributed by atoms with Crippen LogP contribution in [0.2, 0.25) is 0 Å². The molecule has 0 spiro atoms. The van der Waals surface area contributed by atoms with Gasteiger partial charge in [0, 0.05) is 71.5 Å². The van der Waals surface area contributed by atoms with E-state index in [1.165, 1.54) is 0 Å². The third-order valence-electron chi connectivity index (χ3n) is 6.70. The Balaban J connectivity index is 0.00000320. The molecule has 8 nitrogen and oxygen atoms in total. The summed E-state index contributed by atoms with van der Waals surface area (Å²) in [5.41, 5.74) is 0. The van der Waals surface area contributed by atoms with E-state index in [1.54, 1.807) is 0 Å². The van der Waals surface area contributed by atoms with E-state index in [4.69, 9.17) is 4.99 Å². The first-order valence-electron chi connectivity index (χ1n) is 11.4. The molecule has 0 aromatic heterocycles. The highest BCUT2D eigenvalue weighted by atomic mass is 127. The van der Waals surface area contributed by atoms with Crippen molar-refractivity contribution in [2.45, 2.75) is 38.8 Å². The number of likely N-dealkylation sites (N-methyl/N-ethyl adjacent to an activating group) is 2. The van der Waals surface area contributed by atoms with Crippen molar-refractivity contribution < 1.29 is 4.79 Å². The molecule has 3 saturated heterocycles. The number of carbonyl (C=O) groups is 1. The summed E-state index contributed by atoms with van der Waals surface area (Å²) in [6.07, 6.45) is 2.31. The summed E-state index contributed by atoms with van der Waals surface area (Å²) in [6.45, 7) is 14.8. The van der Waals surface area contributed by atoms with Gasteiger partial charge in [-0.1, -0.05) is 0 Å². The minimum absolute atomic E-state index is 0. The molecule has 0 aliphatic carbocycles. The van der Waals surface area contributed by atoms with Gasteiger partial charge in [-0.15, -0.1) is 24.0 Å². The van der Waals surface area contributed by atoms with Gasteiger partial charge in [0.2, 0.25) is 5.91 Å². The zero-order valence-corrected chi connectivity index (χ0v) is 21.7. The number of aliphatic imine (C=N–C) groups is 1. The van der Waals surface area contributed by atoms with Gasteiger partial charge in [-0.05, 0) is 40.8 Å². The van der Waals surface area contributed by atoms with Crippen LogP contribution in [-0.2, 0) is 4.79 Å². The summed E-state index contributed by atoms with van der Waals surface area (Å²) in [5.74, 6) is 1.33. The van der Waals surface area contributed by atoms with Crippen molar-refractivity contribution in [1.29, 1.82) is 0 Å². The van der Waals surface area contributed by atoms with Crippen molar-refractivity contribution in [2.75, 3.05) is 86.1 Å². The van der Waals surface area contributed by atoms with E-state index in [9.17, 15) is 4.79 Å². The molecule has 2 unspecified atom stereocenters. The fourth-order valence-corrected chi connectivity index (χ4v) is 4.60. The molecule has 0 bridgehead atoms. The Morgan fingerprint density at radius 1 is 1.00 bits per heavy atom. The summed E-state index contributed by atoms with van der Waals surface area (Å²) in [5, 5.41) is 3.48. The first-order valence-corrected chi connectivity index (χ1v) is 11.4. The monoisotopic (exact) mass is 535 g/mol. The van der Waals surface area contributed by atoms with Gasteiger partial charge in [0.15, 0.2) is 5.96 Å². The Labute approximate surface area is 200 Å². The summed E-state index contributed by atoms with van der Waals surface area (Å²) in [4.78, 5) is 29.3. The zero-order valence-electron chi connectivity index (χ0n) is 19.3. The summed E-state index contributed by atoms with van der Waals surface area (Å²) in [6, 6.07) is 0.461. The fourth-order valence-electron chi connectivity index (χ4n) is 4.60. The molecule has 3 aliphatic rings. The van der Waals surface area contributed by atoms with Gasteiger partial charge in [0.05, 0.1) is 12.6 Å². The Morgan fingerprint density at radius 3 is 2.30 bits per heavy atom. The Kier molecular flexibility index (Phi) is 10.6. The molecule has 0 aromatic rings. The van der Waals surface area contributed by atoms with Gasteiger partial charge in [0.25, 0.3) is 0 Å². The molecule has 0 saturated carbocycles. The summed E-state index contributed by atoms with van der Waals surface area (Å²) >= 11 is 0. The molecule has 0 radical (unpaired) electrons. The number of halogens is 1. The molecule has 3 fully saturated rings. The molecular weight excluding hydrogens is 493 g/mol.